The number of carbonyl (C=O) groups excluding carboxylic acids is 1. The Kier molecular flexibility index (Phi) is 4.57. The van der Waals surface area contributed by atoms with Crippen molar-refractivity contribution in [2.75, 3.05) is 0 Å². The zero-order valence-electron chi connectivity index (χ0n) is 10.8. The van der Waals surface area contributed by atoms with Crippen molar-refractivity contribution >= 4 is 5.97 Å². The first kappa shape index (κ1) is 12.9. The largest absolute Gasteiger partial charge is 0.458 e. The van der Waals surface area contributed by atoms with Gasteiger partial charge in [0.05, 0.1) is 0 Å². The molecule has 0 radical (unpaired) electrons. The minimum Gasteiger partial charge on any atom is -0.458 e. The fraction of sp³-hybridized carbons (Fsp3) is 0.438. The minimum atomic E-state index is -0.0784. The van der Waals surface area contributed by atoms with E-state index in [2.05, 4.69) is 30.3 Å². The quantitative estimate of drug-likeness (QED) is 0.594. The normalized spacial score (nSPS) is 22.7. The molecule has 0 aromatic heterocycles. The van der Waals surface area contributed by atoms with E-state index < -0.39 is 0 Å². The summed E-state index contributed by atoms with van der Waals surface area (Å²) in [6.45, 7) is 1.99. The van der Waals surface area contributed by atoms with Crippen LogP contribution in [0.2, 0.25) is 0 Å². The smallest absolute Gasteiger partial charge is 0.306 e. The summed E-state index contributed by atoms with van der Waals surface area (Å²) in [6, 6.07) is 10.5. The molecule has 2 nitrogen and oxygen atoms in total. The van der Waals surface area contributed by atoms with Gasteiger partial charge in [-0.1, -0.05) is 43.3 Å². The van der Waals surface area contributed by atoms with Gasteiger partial charge >= 0.3 is 5.97 Å². The molecule has 0 N–H and O–H groups in total. The Bertz CT molecular complexity index is 408. The van der Waals surface area contributed by atoms with Crippen LogP contribution in [0.15, 0.2) is 42.5 Å². The lowest BCUT2D eigenvalue weighted by molar-refractivity contribution is -0.147. The molecule has 1 aliphatic carbocycles. The Morgan fingerprint density at radius 1 is 1.22 bits per heavy atom. The second kappa shape index (κ2) is 6.39. The maximum absolute atomic E-state index is 11.4. The van der Waals surface area contributed by atoms with E-state index in [1.54, 1.807) is 0 Å². The van der Waals surface area contributed by atoms with Gasteiger partial charge in [0.15, 0.2) is 0 Å². The SMILES string of the molecule is CCCC(=O)OC1C=CC(c2ccccc2)CC1. The molecule has 2 atom stereocenters. The zero-order valence-corrected chi connectivity index (χ0v) is 10.8. The molecule has 0 saturated carbocycles. The van der Waals surface area contributed by atoms with Gasteiger partial charge in [0.25, 0.3) is 0 Å². The molecule has 0 spiro atoms. The van der Waals surface area contributed by atoms with Gasteiger partial charge in [-0.05, 0) is 30.9 Å². The predicted molar refractivity (Wildman–Crippen MR) is 72.3 cm³/mol. The van der Waals surface area contributed by atoms with E-state index in [0.717, 1.165) is 19.3 Å². The van der Waals surface area contributed by atoms with Gasteiger partial charge in [0.2, 0.25) is 0 Å². The van der Waals surface area contributed by atoms with Crippen LogP contribution in [0.5, 0.6) is 0 Å². The summed E-state index contributed by atoms with van der Waals surface area (Å²) < 4.78 is 5.39. The third-order valence-electron chi connectivity index (χ3n) is 3.28. The third kappa shape index (κ3) is 3.46. The van der Waals surface area contributed by atoms with Gasteiger partial charge in [0, 0.05) is 12.3 Å². The molecule has 2 unspecified atom stereocenters. The van der Waals surface area contributed by atoms with E-state index in [9.17, 15) is 4.79 Å². The van der Waals surface area contributed by atoms with Crippen molar-refractivity contribution in [3.63, 3.8) is 0 Å². The number of hydrogen-bond donors (Lipinski definition) is 0. The molecular weight excluding hydrogens is 224 g/mol. The second-order valence-corrected chi connectivity index (χ2v) is 4.76. The van der Waals surface area contributed by atoms with Gasteiger partial charge in [-0.3, -0.25) is 4.79 Å². The lowest BCUT2D eigenvalue weighted by Crippen LogP contribution is -2.19. The van der Waals surface area contributed by atoms with Crippen molar-refractivity contribution in [2.45, 2.75) is 44.6 Å². The maximum Gasteiger partial charge on any atom is 0.306 e. The Labute approximate surface area is 109 Å². The molecule has 0 saturated heterocycles. The summed E-state index contributed by atoms with van der Waals surface area (Å²) in [6.07, 6.45) is 7.52. The molecule has 2 heteroatoms. The summed E-state index contributed by atoms with van der Waals surface area (Å²) in [7, 11) is 0. The first-order valence-electron chi connectivity index (χ1n) is 6.72. The average Bonchev–Trinajstić information content (AvgIpc) is 2.41. The molecule has 0 bridgehead atoms. The van der Waals surface area contributed by atoms with Crippen molar-refractivity contribution in [1.29, 1.82) is 0 Å². The van der Waals surface area contributed by atoms with Crippen LogP contribution in [-0.4, -0.2) is 12.1 Å². The summed E-state index contributed by atoms with van der Waals surface area (Å²) >= 11 is 0. The Balaban J connectivity index is 1.90. The highest BCUT2D eigenvalue weighted by Gasteiger charge is 2.19. The molecule has 96 valence electrons. The number of rotatable bonds is 4. The number of esters is 1. The minimum absolute atomic E-state index is 0.0241. The monoisotopic (exact) mass is 244 g/mol. The number of allylic oxidation sites excluding steroid dienone is 1. The fourth-order valence-electron chi connectivity index (χ4n) is 2.30. The highest BCUT2D eigenvalue weighted by atomic mass is 16.5. The first-order chi connectivity index (χ1) is 8.79. The van der Waals surface area contributed by atoms with E-state index in [0.29, 0.717) is 12.3 Å². The van der Waals surface area contributed by atoms with E-state index >= 15 is 0 Å². The Hall–Kier alpha value is -1.57. The highest BCUT2D eigenvalue weighted by molar-refractivity contribution is 5.69. The van der Waals surface area contributed by atoms with Crippen LogP contribution < -0.4 is 0 Å². The molecular formula is C16H20O2. The molecule has 1 aromatic carbocycles. The first-order valence-corrected chi connectivity index (χ1v) is 6.72. The van der Waals surface area contributed by atoms with Crippen LogP contribution in [-0.2, 0) is 9.53 Å². The number of ether oxygens (including phenoxy) is 1. The molecule has 0 heterocycles. The summed E-state index contributed by atoms with van der Waals surface area (Å²) in [5.41, 5.74) is 1.34. The fourth-order valence-corrected chi connectivity index (χ4v) is 2.30. The van der Waals surface area contributed by atoms with E-state index in [4.69, 9.17) is 4.74 Å². The summed E-state index contributed by atoms with van der Waals surface area (Å²) in [4.78, 5) is 11.4. The van der Waals surface area contributed by atoms with Gasteiger partial charge < -0.3 is 4.74 Å². The van der Waals surface area contributed by atoms with Gasteiger partial charge in [-0.25, -0.2) is 0 Å². The standard InChI is InChI=1S/C16H20O2/c1-2-6-16(17)18-15-11-9-14(10-12-15)13-7-4-3-5-8-13/h3-5,7-9,11,14-15H,2,6,10,12H2,1H3. The van der Waals surface area contributed by atoms with E-state index in [1.807, 2.05) is 19.1 Å². The van der Waals surface area contributed by atoms with Crippen molar-refractivity contribution in [3.05, 3.63) is 48.0 Å². The molecule has 1 aromatic rings. The van der Waals surface area contributed by atoms with Crippen LogP contribution in [0.1, 0.15) is 44.1 Å². The zero-order chi connectivity index (χ0) is 12.8. The third-order valence-corrected chi connectivity index (χ3v) is 3.28. The van der Waals surface area contributed by atoms with Crippen LogP contribution in [0, 0.1) is 0 Å². The number of carbonyl (C=O) groups is 1. The Morgan fingerprint density at radius 3 is 2.61 bits per heavy atom. The van der Waals surface area contributed by atoms with Crippen LogP contribution in [0.3, 0.4) is 0 Å². The van der Waals surface area contributed by atoms with E-state index in [1.165, 1.54) is 5.56 Å². The molecule has 2 rings (SSSR count). The summed E-state index contributed by atoms with van der Waals surface area (Å²) in [5.74, 6) is 0.387. The van der Waals surface area contributed by atoms with Crippen molar-refractivity contribution in [3.8, 4) is 0 Å². The molecule has 1 aliphatic rings. The topological polar surface area (TPSA) is 26.3 Å². The number of benzene rings is 1. The van der Waals surface area contributed by atoms with Crippen LogP contribution in [0.25, 0.3) is 0 Å². The van der Waals surface area contributed by atoms with Crippen LogP contribution in [0.4, 0.5) is 0 Å². The lowest BCUT2D eigenvalue weighted by Gasteiger charge is -2.23. The van der Waals surface area contributed by atoms with Crippen molar-refractivity contribution in [1.82, 2.24) is 0 Å². The van der Waals surface area contributed by atoms with Gasteiger partial charge in [0.1, 0.15) is 6.10 Å². The lowest BCUT2D eigenvalue weighted by atomic mass is 9.88. The van der Waals surface area contributed by atoms with E-state index in [-0.39, 0.29) is 12.1 Å². The molecule has 18 heavy (non-hydrogen) atoms. The Morgan fingerprint density at radius 2 is 2.00 bits per heavy atom. The molecule has 0 fully saturated rings. The summed E-state index contributed by atoms with van der Waals surface area (Å²) in [5, 5.41) is 0. The highest BCUT2D eigenvalue weighted by Crippen LogP contribution is 2.28. The van der Waals surface area contributed by atoms with Crippen LogP contribution >= 0.6 is 0 Å². The predicted octanol–water partition coefficient (Wildman–Crippen LogP) is 3.83. The van der Waals surface area contributed by atoms with Crippen molar-refractivity contribution in [2.24, 2.45) is 0 Å². The average molecular weight is 244 g/mol. The van der Waals surface area contributed by atoms with Gasteiger partial charge in [-0.15, -0.1) is 0 Å². The second-order valence-electron chi connectivity index (χ2n) is 4.76. The number of hydrogen-bond acceptors (Lipinski definition) is 2. The van der Waals surface area contributed by atoms with Gasteiger partial charge in [-0.2, -0.15) is 0 Å². The molecule has 0 amide bonds. The molecule has 0 aliphatic heterocycles. The maximum atomic E-state index is 11.4. The van der Waals surface area contributed by atoms with Crippen molar-refractivity contribution < 1.29 is 9.53 Å².